The number of aliphatic hydroxyl groups is 1. The summed E-state index contributed by atoms with van der Waals surface area (Å²) in [5.41, 5.74) is 1.39. The normalized spacial score (nSPS) is 12.3. The Kier molecular flexibility index (Phi) is 4.08. The average molecular weight is 281 g/mol. The molecule has 0 spiro atoms. The summed E-state index contributed by atoms with van der Waals surface area (Å²) in [6, 6.07) is 9.41. The van der Waals surface area contributed by atoms with Crippen LogP contribution >= 0.6 is 11.6 Å². The zero-order valence-electron chi connectivity index (χ0n) is 10.7. The van der Waals surface area contributed by atoms with Crippen molar-refractivity contribution >= 4 is 11.6 Å². The van der Waals surface area contributed by atoms with Crippen LogP contribution in [0.5, 0.6) is 11.5 Å². The molecule has 0 amide bonds. The molecule has 0 saturated heterocycles. The number of ether oxygens (including phenoxy) is 1. The number of benzene rings is 2. The summed E-state index contributed by atoms with van der Waals surface area (Å²) in [5.74, 6) is 0.456. The van der Waals surface area contributed by atoms with E-state index in [0.717, 1.165) is 5.56 Å². The van der Waals surface area contributed by atoms with Crippen molar-refractivity contribution in [2.75, 3.05) is 0 Å². The number of hydrogen-bond donors (Lipinski definition) is 1. The Balaban J connectivity index is 2.40. The van der Waals surface area contributed by atoms with Gasteiger partial charge in [0, 0.05) is 5.56 Å². The van der Waals surface area contributed by atoms with E-state index >= 15 is 0 Å². The highest BCUT2D eigenvalue weighted by atomic mass is 35.5. The topological polar surface area (TPSA) is 29.5 Å². The van der Waals surface area contributed by atoms with Gasteiger partial charge in [0.2, 0.25) is 0 Å². The van der Waals surface area contributed by atoms with Crippen LogP contribution in [0.4, 0.5) is 4.39 Å². The summed E-state index contributed by atoms with van der Waals surface area (Å²) in [7, 11) is 0. The predicted octanol–water partition coefficient (Wildman–Crippen LogP) is 4.63. The van der Waals surface area contributed by atoms with Gasteiger partial charge in [0.15, 0.2) is 0 Å². The van der Waals surface area contributed by atoms with Crippen LogP contribution in [0.1, 0.15) is 24.2 Å². The summed E-state index contributed by atoms with van der Waals surface area (Å²) in [6.45, 7) is 3.48. The van der Waals surface area contributed by atoms with E-state index in [9.17, 15) is 9.50 Å². The highest BCUT2D eigenvalue weighted by molar-refractivity contribution is 6.32. The van der Waals surface area contributed by atoms with Gasteiger partial charge in [-0.05, 0) is 49.7 Å². The van der Waals surface area contributed by atoms with Gasteiger partial charge in [-0.25, -0.2) is 4.39 Å². The maximum atomic E-state index is 13.2. The largest absolute Gasteiger partial charge is 0.455 e. The van der Waals surface area contributed by atoms with Gasteiger partial charge in [-0.3, -0.25) is 0 Å². The first-order valence-electron chi connectivity index (χ1n) is 5.89. The molecule has 19 heavy (non-hydrogen) atoms. The highest BCUT2D eigenvalue weighted by Gasteiger charge is 2.13. The molecule has 2 aromatic carbocycles. The number of rotatable bonds is 3. The van der Waals surface area contributed by atoms with E-state index in [1.807, 2.05) is 13.0 Å². The Morgan fingerprint density at radius 3 is 2.58 bits per heavy atom. The molecule has 100 valence electrons. The lowest BCUT2D eigenvalue weighted by atomic mass is 10.1. The molecule has 0 unspecified atom stereocenters. The van der Waals surface area contributed by atoms with Crippen molar-refractivity contribution in [1.29, 1.82) is 0 Å². The van der Waals surface area contributed by atoms with Gasteiger partial charge in [0.1, 0.15) is 17.3 Å². The molecule has 0 fully saturated rings. The molecule has 2 aromatic rings. The van der Waals surface area contributed by atoms with Gasteiger partial charge < -0.3 is 9.84 Å². The molecule has 0 aliphatic carbocycles. The van der Waals surface area contributed by atoms with E-state index in [1.165, 1.54) is 18.2 Å². The van der Waals surface area contributed by atoms with E-state index in [0.29, 0.717) is 22.1 Å². The van der Waals surface area contributed by atoms with Crippen LogP contribution in [-0.2, 0) is 0 Å². The molecule has 0 radical (unpaired) electrons. The Labute approximate surface area is 116 Å². The fourth-order valence-electron chi connectivity index (χ4n) is 1.75. The third-order valence-corrected chi connectivity index (χ3v) is 3.04. The predicted molar refractivity (Wildman–Crippen MR) is 73.3 cm³/mol. The van der Waals surface area contributed by atoms with E-state index < -0.39 is 11.9 Å². The summed E-state index contributed by atoms with van der Waals surface area (Å²) >= 11 is 6.05. The van der Waals surface area contributed by atoms with E-state index in [4.69, 9.17) is 16.3 Å². The van der Waals surface area contributed by atoms with Gasteiger partial charge in [-0.2, -0.15) is 0 Å². The minimum Gasteiger partial charge on any atom is -0.455 e. The first kappa shape index (κ1) is 13.8. The maximum Gasteiger partial charge on any atom is 0.146 e. The van der Waals surface area contributed by atoms with E-state index in [-0.39, 0.29) is 0 Å². The second-order valence-electron chi connectivity index (χ2n) is 4.39. The Bertz CT molecular complexity index is 597. The SMILES string of the molecule is Cc1ccc(Cl)c(Oc2ccc(F)cc2[C@@H](C)O)c1. The molecule has 0 bridgehead atoms. The summed E-state index contributed by atoms with van der Waals surface area (Å²) in [5, 5.41) is 10.1. The van der Waals surface area contributed by atoms with Crippen molar-refractivity contribution in [3.05, 3.63) is 58.4 Å². The number of halogens is 2. The number of aliphatic hydroxyl groups excluding tert-OH is 1. The van der Waals surface area contributed by atoms with Crippen LogP contribution in [-0.4, -0.2) is 5.11 Å². The molecule has 0 aromatic heterocycles. The van der Waals surface area contributed by atoms with Crippen LogP contribution in [0.3, 0.4) is 0 Å². The van der Waals surface area contributed by atoms with Crippen LogP contribution < -0.4 is 4.74 Å². The minimum absolute atomic E-state index is 0.387. The van der Waals surface area contributed by atoms with Crippen LogP contribution in [0, 0.1) is 12.7 Å². The zero-order chi connectivity index (χ0) is 14.0. The van der Waals surface area contributed by atoms with Crippen molar-refractivity contribution in [2.24, 2.45) is 0 Å². The molecule has 1 atom stereocenters. The average Bonchev–Trinajstić information content (AvgIpc) is 2.35. The lowest BCUT2D eigenvalue weighted by Crippen LogP contribution is -1.97. The van der Waals surface area contributed by atoms with Crippen LogP contribution in [0.2, 0.25) is 5.02 Å². The quantitative estimate of drug-likeness (QED) is 0.888. The molecule has 0 aliphatic rings. The molecular formula is C15H14ClFO2. The van der Waals surface area contributed by atoms with Crippen molar-refractivity contribution in [1.82, 2.24) is 0 Å². The minimum atomic E-state index is -0.825. The summed E-state index contributed by atoms with van der Waals surface area (Å²) in [4.78, 5) is 0. The maximum absolute atomic E-state index is 13.2. The Morgan fingerprint density at radius 1 is 1.16 bits per heavy atom. The van der Waals surface area contributed by atoms with E-state index in [1.54, 1.807) is 19.1 Å². The van der Waals surface area contributed by atoms with Crippen molar-refractivity contribution in [3.63, 3.8) is 0 Å². The smallest absolute Gasteiger partial charge is 0.146 e. The van der Waals surface area contributed by atoms with Gasteiger partial charge in [-0.1, -0.05) is 17.7 Å². The lowest BCUT2D eigenvalue weighted by Gasteiger charge is -2.14. The number of aryl methyl sites for hydroxylation is 1. The lowest BCUT2D eigenvalue weighted by molar-refractivity contribution is 0.195. The molecule has 2 nitrogen and oxygen atoms in total. The van der Waals surface area contributed by atoms with Crippen molar-refractivity contribution in [2.45, 2.75) is 20.0 Å². The molecule has 0 heterocycles. The summed E-state index contributed by atoms with van der Waals surface area (Å²) in [6.07, 6.45) is -0.825. The molecule has 4 heteroatoms. The third kappa shape index (κ3) is 3.25. The Hall–Kier alpha value is -1.58. The molecule has 1 N–H and O–H groups in total. The first-order chi connectivity index (χ1) is 8.97. The van der Waals surface area contributed by atoms with Crippen molar-refractivity contribution in [3.8, 4) is 11.5 Å². The van der Waals surface area contributed by atoms with Gasteiger partial charge >= 0.3 is 0 Å². The van der Waals surface area contributed by atoms with Gasteiger partial charge in [-0.15, -0.1) is 0 Å². The zero-order valence-corrected chi connectivity index (χ0v) is 11.4. The number of hydrogen-bond acceptors (Lipinski definition) is 2. The second kappa shape index (κ2) is 5.59. The monoisotopic (exact) mass is 280 g/mol. The molecule has 0 saturated carbocycles. The highest BCUT2D eigenvalue weighted by Crippen LogP contribution is 2.34. The fraction of sp³-hybridized carbons (Fsp3) is 0.200. The van der Waals surface area contributed by atoms with Gasteiger partial charge in [0.05, 0.1) is 11.1 Å². The fourth-order valence-corrected chi connectivity index (χ4v) is 1.90. The van der Waals surface area contributed by atoms with Crippen LogP contribution in [0.25, 0.3) is 0 Å². The van der Waals surface area contributed by atoms with Crippen molar-refractivity contribution < 1.29 is 14.2 Å². The van der Waals surface area contributed by atoms with E-state index in [2.05, 4.69) is 0 Å². The van der Waals surface area contributed by atoms with Gasteiger partial charge in [0.25, 0.3) is 0 Å². The van der Waals surface area contributed by atoms with Crippen LogP contribution in [0.15, 0.2) is 36.4 Å². The molecular weight excluding hydrogens is 267 g/mol. The summed E-state index contributed by atoms with van der Waals surface area (Å²) < 4.78 is 18.9. The molecule has 2 rings (SSSR count). The first-order valence-corrected chi connectivity index (χ1v) is 6.26. The third-order valence-electron chi connectivity index (χ3n) is 2.73. The second-order valence-corrected chi connectivity index (χ2v) is 4.80. The molecule has 0 aliphatic heterocycles. The Morgan fingerprint density at radius 2 is 1.89 bits per heavy atom. The standard InChI is InChI=1S/C15H14ClFO2/c1-9-3-5-13(16)15(7-9)19-14-6-4-11(17)8-12(14)10(2)18/h3-8,10,18H,1-2H3/t10-/m1/s1.